The Kier molecular flexibility index (Phi) is 43.3. The summed E-state index contributed by atoms with van der Waals surface area (Å²) in [5.41, 5.74) is 0. The lowest BCUT2D eigenvalue weighted by Crippen LogP contribution is -2.59. The van der Waals surface area contributed by atoms with E-state index in [1.165, 1.54) is 44.9 Å². The van der Waals surface area contributed by atoms with E-state index in [2.05, 4.69) is 123 Å². The van der Waals surface area contributed by atoms with Crippen molar-refractivity contribution < 1.29 is 44.2 Å². The van der Waals surface area contributed by atoms with Gasteiger partial charge >= 0.3 is 5.97 Å². The predicted octanol–water partition coefficient (Wildman–Crippen LogP) is 12.9. The molecule has 1 fully saturated rings. The first-order valence-corrected chi connectivity index (χ1v) is 26.0. The number of aliphatic hydroxyl groups is 4. The lowest BCUT2D eigenvalue weighted by molar-refractivity contribution is -0.305. The molecule has 1 aliphatic heterocycles. The lowest BCUT2D eigenvalue weighted by atomic mass is 9.99. The number of unbranched alkanes of at least 4 members (excludes halogenated alkanes) is 14. The molecule has 1 aliphatic rings. The van der Waals surface area contributed by atoms with Gasteiger partial charge in [-0.1, -0.05) is 187 Å². The highest BCUT2D eigenvalue weighted by atomic mass is 16.7. The van der Waals surface area contributed by atoms with Gasteiger partial charge in [-0.3, -0.25) is 4.79 Å². The van der Waals surface area contributed by atoms with Crippen LogP contribution in [0.5, 0.6) is 0 Å². The van der Waals surface area contributed by atoms with Gasteiger partial charge in [0, 0.05) is 13.0 Å². The zero-order valence-corrected chi connectivity index (χ0v) is 41.4. The van der Waals surface area contributed by atoms with Crippen LogP contribution in [0.3, 0.4) is 0 Å². The molecular formula is C57H94O9. The van der Waals surface area contributed by atoms with Gasteiger partial charge in [0.2, 0.25) is 0 Å². The summed E-state index contributed by atoms with van der Waals surface area (Å²) in [5, 5.41) is 40.3. The average Bonchev–Trinajstić information content (AvgIpc) is 3.32. The van der Waals surface area contributed by atoms with Gasteiger partial charge in [0.05, 0.1) is 19.8 Å². The zero-order valence-electron chi connectivity index (χ0n) is 41.4. The molecule has 0 aliphatic carbocycles. The maximum Gasteiger partial charge on any atom is 0.306 e. The highest BCUT2D eigenvalue weighted by molar-refractivity contribution is 5.69. The fourth-order valence-electron chi connectivity index (χ4n) is 7.21. The van der Waals surface area contributed by atoms with Crippen LogP contribution in [0.25, 0.3) is 0 Å². The molecule has 1 heterocycles. The Hall–Kier alpha value is -3.15. The van der Waals surface area contributed by atoms with Gasteiger partial charge in [0.25, 0.3) is 0 Å². The predicted molar refractivity (Wildman–Crippen MR) is 274 cm³/mol. The Morgan fingerprint density at radius 1 is 0.485 bits per heavy atom. The van der Waals surface area contributed by atoms with Crippen molar-refractivity contribution in [2.45, 2.75) is 218 Å². The van der Waals surface area contributed by atoms with Crippen molar-refractivity contribution in [2.24, 2.45) is 0 Å². The maximum absolute atomic E-state index is 12.8. The Labute approximate surface area is 402 Å². The maximum atomic E-state index is 12.8. The molecule has 0 saturated carbocycles. The largest absolute Gasteiger partial charge is 0.457 e. The van der Waals surface area contributed by atoms with Crippen molar-refractivity contribution in [2.75, 3.05) is 26.4 Å². The van der Waals surface area contributed by atoms with E-state index in [-0.39, 0.29) is 19.2 Å². The molecule has 4 N–H and O–H groups in total. The van der Waals surface area contributed by atoms with Crippen molar-refractivity contribution in [3.05, 3.63) is 109 Å². The Morgan fingerprint density at radius 3 is 1.32 bits per heavy atom. The summed E-state index contributed by atoms with van der Waals surface area (Å²) < 4.78 is 22.9. The summed E-state index contributed by atoms with van der Waals surface area (Å²) in [5.74, 6) is -0.335. The molecule has 0 amide bonds. The smallest absolute Gasteiger partial charge is 0.306 e. The molecule has 1 saturated heterocycles. The SMILES string of the molecule is CC/C=C\C/C=C\C/C=C\C/C=C\C/C=C\CCCCCCCCCCOCC(COC1OC(CO)C(O)C(O)C1O)OC(=O)CCCCCCCC/C=C\C/C=C\C/C=C\C/C=C\CC. The number of aliphatic hydroxyl groups excluding tert-OH is 4. The van der Waals surface area contributed by atoms with Crippen LogP contribution in [0, 0.1) is 0 Å². The fourth-order valence-corrected chi connectivity index (χ4v) is 7.21. The van der Waals surface area contributed by atoms with Crippen LogP contribution in [0.2, 0.25) is 0 Å². The molecule has 6 atom stereocenters. The van der Waals surface area contributed by atoms with Crippen LogP contribution < -0.4 is 0 Å². The monoisotopic (exact) mass is 923 g/mol. The minimum absolute atomic E-state index is 0.125. The molecule has 0 aromatic rings. The van der Waals surface area contributed by atoms with Crippen molar-refractivity contribution in [1.82, 2.24) is 0 Å². The number of carbonyl (C=O) groups is 1. The zero-order chi connectivity index (χ0) is 47.8. The number of allylic oxidation sites excluding steroid dienone is 18. The molecule has 9 heteroatoms. The minimum Gasteiger partial charge on any atom is -0.457 e. The first kappa shape index (κ1) is 60.9. The summed E-state index contributed by atoms with van der Waals surface area (Å²) in [4.78, 5) is 12.8. The van der Waals surface area contributed by atoms with Crippen molar-refractivity contribution >= 4 is 5.97 Å². The van der Waals surface area contributed by atoms with Crippen molar-refractivity contribution in [3.8, 4) is 0 Å². The molecule has 9 nitrogen and oxygen atoms in total. The molecule has 0 bridgehead atoms. The molecule has 66 heavy (non-hydrogen) atoms. The van der Waals surface area contributed by atoms with E-state index in [0.29, 0.717) is 13.0 Å². The highest BCUT2D eigenvalue weighted by Gasteiger charge is 2.44. The minimum atomic E-state index is -1.55. The number of ether oxygens (including phenoxy) is 4. The average molecular weight is 923 g/mol. The van der Waals surface area contributed by atoms with Crippen LogP contribution >= 0.6 is 0 Å². The quantitative estimate of drug-likeness (QED) is 0.0268. The van der Waals surface area contributed by atoms with E-state index in [1.54, 1.807) is 0 Å². The third-order valence-electron chi connectivity index (χ3n) is 11.2. The van der Waals surface area contributed by atoms with Crippen LogP contribution in [-0.2, 0) is 23.7 Å². The van der Waals surface area contributed by atoms with E-state index in [1.807, 2.05) is 0 Å². The van der Waals surface area contributed by atoms with E-state index >= 15 is 0 Å². The normalized spacial score (nSPS) is 20.2. The number of hydrogen-bond donors (Lipinski definition) is 4. The third-order valence-corrected chi connectivity index (χ3v) is 11.2. The summed E-state index contributed by atoms with van der Waals surface area (Å²) in [6.07, 6.45) is 59.7. The molecule has 1 rings (SSSR count). The molecular weight excluding hydrogens is 829 g/mol. The summed E-state index contributed by atoms with van der Waals surface area (Å²) in [6.45, 7) is 4.28. The Bertz CT molecular complexity index is 1370. The van der Waals surface area contributed by atoms with Gasteiger partial charge in [-0.2, -0.15) is 0 Å². The van der Waals surface area contributed by atoms with E-state index in [4.69, 9.17) is 18.9 Å². The van der Waals surface area contributed by atoms with Crippen LogP contribution in [0.4, 0.5) is 0 Å². The number of carbonyl (C=O) groups excluding carboxylic acids is 1. The Morgan fingerprint density at radius 2 is 0.879 bits per heavy atom. The number of esters is 1. The second kappa shape index (κ2) is 46.9. The molecule has 0 spiro atoms. The van der Waals surface area contributed by atoms with Gasteiger partial charge in [-0.05, 0) is 96.3 Å². The van der Waals surface area contributed by atoms with Gasteiger partial charge in [0.1, 0.15) is 30.5 Å². The Balaban J connectivity index is 2.23. The first-order valence-electron chi connectivity index (χ1n) is 26.0. The van der Waals surface area contributed by atoms with Gasteiger partial charge in [-0.25, -0.2) is 0 Å². The molecule has 6 unspecified atom stereocenters. The van der Waals surface area contributed by atoms with Crippen LogP contribution in [0.15, 0.2) is 109 Å². The molecule has 376 valence electrons. The lowest BCUT2D eigenvalue weighted by Gasteiger charge is -2.39. The van der Waals surface area contributed by atoms with Crippen molar-refractivity contribution in [1.29, 1.82) is 0 Å². The summed E-state index contributed by atoms with van der Waals surface area (Å²) in [7, 11) is 0. The molecule has 0 aromatic heterocycles. The third kappa shape index (κ3) is 36.9. The summed E-state index contributed by atoms with van der Waals surface area (Å²) >= 11 is 0. The first-order chi connectivity index (χ1) is 32.4. The number of hydrogen-bond acceptors (Lipinski definition) is 9. The van der Waals surface area contributed by atoms with E-state index in [9.17, 15) is 25.2 Å². The van der Waals surface area contributed by atoms with Gasteiger partial charge < -0.3 is 39.4 Å². The highest BCUT2D eigenvalue weighted by Crippen LogP contribution is 2.22. The second-order valence-electron chi connectivity index (χ2n) is 17.2. The fraction of sp³-hybridized carbons (Fsp3) is 0.667. The topological polar surface area (TPSA) is 135 Å². The standard InChI is InChI=1S/C57H94O9/c1-3-5-7-9-11-13-15-17-19-21-23-24-25-26-27-29-31-33-35-37-39-41-43-45-47-63-49-51(50-64-57-56(62)55(61)54(60)52(48-58)66-57)65-53(59)46-44-42-40-38-36-34-32-30-28-22-20-18-16-14-12-10-8-6-4-2/h5-8,11-14,17-20,23-24,26-28,30,51-52,54-58,60-62H,3-4,9-10,15-16,21-22,25,29,31-50H2,1-2H3/b7-5-,8-6-,13-11-,14-12-,19-17-,20-18-,24-23-,27-26-,30-28-. The summed E-state index contributed by atoms with van der Waals surface area (Å²) in [6, 6.07) is 0. The van der Waals surface area contributed by atoms with E-state index < -0.39 is 43.4 Å². The number of rotatable bonds is 43. The van der Waals surface area contributed by atoms with Gasteiger partial charge in [-0.15, -0.1) is 0 Å². The van der Waals surface area contributed by atoms with E-state index in [0.717, 1.165) is 116 Å². The second-order valence-corrected chi connectivity index (χ2v) is 17.2. The van der Waals surface area contributed by atoms with Crippen molar-refractivity contribution in [3.63, 3.8) is 0 Å². The van der Waals surface area contributed by atoms with Gasteiger partial charge in [0.15, 0.2) is 6.29 Å². The molecule has 0 aromatic carbocycles. The van der Waals surface area contributed by atoms with Crippen LogP contribution in [-0.4, -0.2) is 89.6 Å². The van der Waals surface area contributed by atoms with Crippen LogP contribution in [0.1, 0.15) is 181 Å². The molecule has 0 radical (unpaired) electrons.